The summed E-state index contributed by atoms with van der Waals surface area (Å²) in [5.74, 6) is -3.91. The van der Waals surface area contributed by atoms with E-state index in [0.717, 1.165) is 31.2 Å². The highest BCUT2D eigenvalue weighted by molar-refractivity contribution is 7.91. The third kappa shape index (κ3) is 3.55. The van der Waals surface area contributed by atoms with E-state index in [2.05, 4.69) is 0 Å². The number of hydrogen-bond acceptors (Lipinski definition) is 4. The summed E-state index contributed by atoms with van der Waals surface area (Å²) in [6.07, 6.45) is 4.84. The van der Waals surface area contributed by atoms with Crippen LogP contribution in [0.1, 0.15) is 37.7 Å². The van der Waals surface area contributed by atoms with Crippen molar-refractivity contribution < 1.29 is 27.1 Å². The Labute approximate surface area is 145 Å². The second-order valence-electron chi connectivity index (χ2n) is 6.82. The van der Waals surface area contributed by atoms with Crippen LogP contribution in [0.4, 0.5) is 8.78 Å². The summed E-state index contributed by atoms with van der Waals surface area (Å²) in [6.45, 7) is 0.382. The lowest BCUT2D eigenvalue weighted by atomic mass is 9.84. The molecule has 5 nitrogen and oxygen atoms in total. The van der Waals surface area contributed by atoms with Crippen molar-refractivity contribution in [2.45, 2.75) is 61.4 Å². The van der Waals surface area contributed by atoms with E-state index < -0.39 is 32.5 Å². The minimum Gasteiger partial charge on any atom is -0.480 e. The Balaban J connectivity index is 1.79. The highest BCUT2D eigenvalue weighted by atomic mass is 32.2. The summed E-state index contributed by atoms with van der Waals surface area (Å²) in [6, 6.07) is 4.99. The summed E-state index contributed by atoms with van der Waals surface area (Å²) >= 11 is 0. The molecule has 1 aromatic carbocycles. The Hall–Kier alpha value is -1.54. The summed E-state index contributed by atoms with van der Waals surface area (Å²) < 4.78 is 48.1. The van der Waals surface area contributed by atoms with E-state index >= 15 is 0 Å². The van der Waals surface area contributed by atoms with E-state index in [1.165, 1.54) is 24.3 Å². The van der Waals surface area contributed by atoms with E-state index in [1.54, 1.807) is 0 Å². The number of rotatable bonds is 5. The molecule has 0 bridgehead atoms. The van der Waals surface area contributed by atoms with Crippen molar-refractivity contribution >= 4 is 15.8 Å². The molecular weight excluding hydrogens is 352 g/mol. The van der Waals surface area contributed by atoms with Crippen LogP contribution in [0.15, 0.2) is 29.2 Å². The Morgan fingerprint density at radius 1 is 1.20 bits per heavy atom. The lowest BCUT2D eigenvalue weighted by Gasteiger charge is -2.33. The molecule has 2 fully saturated rings. The molecule has 3 atom stereocenters. The van der Waals surface area contributed by atoms with Gasteiger partial charge in [-0.05, 0) is 42.9 Å². The minimum absolute atomic E-state index is 0.222. The number of nitrogens with zero attached hydrogens (tertiary/aromatic N) is 1. The number of aliphatic carboxylic acids is 1. The number of benzene rings is 1. The van der Waals surface area contributed by atoms with E-state index in [1.807, 2.05) is 4.90 Å². The summed E-state index contributed by atoms with van der Waals surface area (Å²) in [5.41, 5.74) is 0.727. The van der Waals surface area contributed by atoms with Crippen LogP contribution in [0.5, 0.6) is 0 Å². The van der Waals surface area contributed by atoms with Gasteiger partial charge in [0.1, 0.15) is 6.04 Å². The van der Waals surface area contributed by atoms with Gasteiger partial charge in [0, 0.05) is 12.6 Å². The van der Waals surface area contributed by atoms with Gasteiger partial charge in [0.25, 0.3) is 0 Å². The van der Waals surface area contributed by atoms with Crippen molar-refractivity contribution in [3.63, 3.8) is 0 Å². The van der Waals surface area contributed by atoms with Gasteiger partial charge in [-0.15, -0.1) is 0 Å². The van der Waals surface area contributed by atoms with Crippen molar-refractivity contribution in [3.8, 4) is 0 Å². The van der Waals surface area contributed by atoms with Crippen LogP contribution in [0, 0.1) is 5.92 Å². The quantitative estimate of drug-likeness (QED) is 0.859. The van der Waals surface area contributed by atoms with Gasteiger partial charge in [-0.3, -0.25) is 9.69 Å². The summed E-state index contributed by atoms with van der Waals surface area (Å²) in [7, 11) is -4.61. The molecule has 2 aliphatic rings. The highest BCUT2D eigenvalue weighted by Gasteiger charge is 2.44. The predicted octanol–water partition coefficient (Wildman–Crippen LogP) is 2.90. The molecule has 8 heteroatoms. The molecule has 0 aromatic heterocycles. The molecule has 1 aliphatic heterocycles. The first-order valence-electron chi connectivity index (χ1n) is 8.40. The standard InChI is InChI=1S/C17H21F2NO4S/c18-17(19)25(23,24)13-7-5-11(6-8-13)10-20-14-4-2-1-3-12(14)9-15(20)16(21)22/h5-8,12,14-15,17H,1-4,9-10H2,(H,21,22). The monoisotopic (exact) mass is 373 g/mol. The van der Waals surface area contributed by atoms with Crippen LogP contribution in [-0.4, -0.2) is 42.2 Å². The van der Waals surface area contributed by atoms with Gasteiger partial charge in [-0.2, -0.15) is 8.78 Å². The third-order valence-corrected chi connectivity index (χ3v) is 6.76. The zero-order chi connectivity index (χ0) is 18.2. The van der Waals surface area contributed by atoms with Crippen LogP contribution in [0.2, 0.25) is 0 Å². The van der Waals surface area contributed by atoms with Crippen LogP contribution < -0.4 is 0 Å². The molecule has 0 radical (unpaired) electrons. The molecule has 1 N–H and O–H groups in total. The number of halogens is 2. The molecule has 1 aromatic rings. The average molecular weight is 373 g/mol. The van der Waals surface area contributed by atoms with E-state index in [-0.39, 0.29) is 6.04 Å². The fraction of sp³-hybridized carbons (Fsp3) is 0.588. The van der Waals surface area contributed by atoms with Crippen molar-refractivity contribution in [1.29, 1.82) is 0 Å². The molecule has 3 unspecified atom stereocenters. The first-order valence-corrected chi connectivity index (χ1v) is 9.95. The summed E-state index contributed by atoms with van der Waals surface area (Å²) in [5, 5.41) is 9.52. The second kappa shape index (κ2) is 6.99. The van der Waals surface area contributed by atoms with Crippen LogP contribution in [-0.2, 0) is 21.2 Å². The molecular formula is C17H21F2NO4S. The maximum atomic E-state index is 12.6. The van der Waals surface area contributed by atoms with Gasteiger partial charge in [0.15, 0.2) is 0 Å². The molecule has 25 heavy (non-hydrogen) atoms. The van der Waals surface area contributed by atoms with Crippen molar-refractivity contribution in [3.05, 3.63) is 29.8 Å². The maximum Gasteiger partial charge on any atom is 0.341 e. The first kappa shape index (κ1) is 18.3. The van der Waals surface area contributed by atoms with Crippen molar-refractivity contribution in [1.82, 2.24) is 4.90 Å². The Kier molecular flexibility index (Phi) is 5.11. The van der Waals surface area contributed by atoms with Gasteiger partial charge in [0.2, 0.25) is 9.84 Å². The molecule has 0 spiro atoms. The molecule has 1 saturated heterocycles. The Morgan fingerprint density at radius 3 is 2.44 bits per heavy atom. The smallest absolute Gasteiger partial charge is 0.341 e. The number of carboxylic acid groups (broad SMARTS) is 1. The molecule has 138 valence electrons. The van der Waals surface area contributed by atoms with E-state index in [9.17, 15) is 27.1 Å². The number of likely N-dealkylation sites (tertiary alicyclic amines) is 1. The SMILES string of the molecule is O=C(O)C1CC2CCCCC2N1Cc1ccc(S(=O)(=O)C(F)F)cc1. The maximum absolute atomic E-state index is 12.6. The summed E-state index contributed by atoms with van der Waals surface area (Å²) in [4.78, 5) is 13.2. The van der Waals surface area contributed by atoms with Gasteiger partial charge in [-0.1, -0.05) is 25.0 Å². The van der Waals surface area contributed by atoms with Crippen molar-refractivity contribution in [2.24, 2.45) is 5.92 Å². The largest absolute Gasteiger partial charge is 0.480 e. The van der Waals surface area contributed by atoms with Crippen LogP contribution in [0.25, 0.3) is 0 Å². The number of alkyl halides is 2. The van der Waals surface area contributed by atoms with Crippen molar-refractivity contribution in [2.75, 3.05) is 0 Å². The van der Waals surface area contributed by atoms with Gasteiger partial charge < -0.3 is 5.11 Å². The fourth-order valence-corrected chi connectivity index (χ4v) is 4.84. The zero-order valence-electron chi connectivity index (χ0n) is 13.6. The second-order valence-corrected chi connectivity index (χ2v) is 8.74. The average Bonchev–Trinajstić information content (AvgIpc) is 2.94. The normalized spacial score (nSPS) is 27.4. The Morgan fingerprint density at radius 2 is 1.84 bits per heavy atom. The molecule has 1 saturated carbocycles. The van der Waals surface area contributed by atoms with E-state index in [0.29, 0.717) is 18.9 Å². The first-order chi connectivity index (χ1) is 11.8. The predicted molar refractivity (Wildman–Crippen MR) is 87.0 cm³/mol. The molecule has 1 heterocycles. The van der Waals surface area contributed by atoms with E-state index in [4.69, 9.17) is 0 Å². The lowest BCUT2D eigenvalue weighted by Crippen LogP contribution is -2.41. The fourth-order valence-electron chi connectivity index (χ4n) is 4.12. The lowest BCUT2D eigenvalue weighted by molar-refractivity contribution is -0.142. The van der Waals surface area contributed by atoms with Gasteiger partial charge >= 0.3 is 11.7 Å². The zero-order valence-corrected chi connectivity index (χ0v) is 14.5. The van der Waals surface area contributed by atoms with Crippen LogP contribution in [0.3, 0.4) is 0 Å². The highest BCUT2D eigenvalue weighted by Crippen LogP contribution is 2.40. The molecule has 0 amide bonds. The van der Waals surface area contributed by atoms with Gasteiger partial charge in [-0.25, -0.2) is 8.42 Å². The van der Waals surface area contributed by atoms with Gasteiger partial charge in [0.05, 0.1) is 4.90 Å². The number of carboxylic acids is 1. The number of sulfone groups is 1. The molecule has 1 aliphatic carbocycles. The number of hydrogen-bond donors (Lipinski definition) is 1. The topological polar surface area (TPSA) is 74.7 Å². The number of carbonyl (C=O) groups is 1. The number of fused-ring (bicyclic) bond motifs is 1. The van der Waals surface area contributed by atoms with Crippen LogP contribution >= 0.6 is 0 Å². The third-order valence-electron chi connectivity index (χ3n) is 5.36. The Bertz CT molecular complexity index is 736. The minimum atomic E-state index is -4.61. The molecule has 3 rings (SSSR count).